The zero-order chi connectivity index (χ0) is 14.4. The maximum absolute atomic E-state index is 11.2. The van der Waals surface area contributed by atoms with Gasteiger partial charge >= 0.3 is 49.1 Å². The van der Waals surface area contributed by atoms with Crippen LogP contribution in [0, 0.1) is 12.8 Å². The molecule has 1 atom stereocenters. The number of hydrogen-bond acceptors (Lipinski definition) is 2. The SMILES string of the molecule is [CH2]C(CCCCCCC)C(=O)OCC.[Cl][SnH]([Cl])[Cl]. The second-order valence-corrected chi connectivity index (χ2v) is 18.6. The Labute approximate surface area is 130 Å². The molecule has 0 aliphatic carbocycles. The fraction of sp³-hybridized carbons (Fsp3) is 0.833. The molecule has 0 spiro atoms. The van der Waals surface area contributed by atoms with Gasteiger partial charge < -0.3 is 4.74 Å². The third kappa shape index (κ3) is 19.5. The predicted octanol–water partition coefficient (Wildman–Crippen LogP) is 4.78. The Kier molecular flexibility index (Phi) is 19.3. The Morgan fingerprint density at radius 1 is 1.17 bits per heavy atom. The monoisotopic (exact) mass is 425 g/mol. The van der Waals surface area contributed by atoms with E-state index in [4.69, 9.17) is 31.5 Å². The van der Waals surface area contributed by atoms with Gasteiger partial charge in [0.15, 0.2) is 0 Å². The Hall–Kier alpha value is 1.14. The van der Waals surface area contributed by atoms with Crippen molar-refractivity contribution in [1.29, 1.82) is 0 Å². The number of ether oxygens (including phenoxy) is 1. The van der Waals surface area contributed by atoms with Crippen molar-refractivity contribution in [2.24, 2.45) is 5.92 Å². The fourth-order valence-corrected chi connectivity index (χ4v) is 1.37. The first-order chi connectivity index (χ1) is 8.45. The number of carbonyl (C=O) groups excluding carboxylic acids is 1. The molecule has 0 bridgehead atoms. The van der Waals surface area contributed by atoms with Crippen LogP contribution in [0.15, 0.2) is 0 Å². The van der Waals surface area contributed by atoms with Crippen LogP contribution in [-0.4, -0.2) is 29.0 Å². The molecule has 0 saturated carbocycles. The third-order valence-corrected chi connectivity index (χ3v) is 2.28. The first-order valence-corrected chi connectivity index (χ1v) is 18.9. The second-order valence-electron chi connectivity index (χ2n) is 3.90. The summed E-state index contributed by atoms with van der Waals surface area (Å²) in [5, 5.41) is 0. The molecular formula is C12H24Cl3O2Sn. The zero-order valence-corrected chi connectivity index (χ0v) is 16.8. The third-order valence-electron chi connectivity index (χ3n) is 2.28. The molecule has 0 aliphatic rings. The minimum absolute atomic E-state index is 0.150. The molecule has 0 heterocycles. The van der Waals surface area contributed by atoms with Gasteiger partial charge in [0, 0.05) is 0 Å². The van der Waals surface area contributed by atoms with Gasteiger partial charge in [-0.2, -0.15) is 0 Å². The molecule has 0 aromatic carbocycles. The Morgan fingerprint density at radius 3 is 2.11 bits per heavy atom. The standard InChI is InChI=1S/C12H23O2.3ClH.Sn.H/c1-4-6-7-8-9-10-11(3)12(13)14-5-2;;;;;/h11H,3-10H2,1-2H3;3*1H;;/q;;;;+3;/p-3. The van der Waals surface area contributed by atoms with Crippen LogP contribution < -0.4 is 0 Å². The van der Waals surface area contributed by atoms with Crippen LogP contribution in [-0.2, 0) is 9.53 Å². The summed E-state index contributed by atoms with van der Waals surface area (Å²) >= 11 is -2.22. The number of esters is 1. The number of unbranched alkanes of at least 4 members (excludes halogenated alkanes) is 4. The summed E-state index contributed by atoms with van der Waals surface area (Å²) in [5.41, 5.74) is 0. The zero-order valence-electron chi connectivity index (χ0n) is 11.3. The summed E-state index contributed by atoms with van der Waals surface area (Å²) in [6.07, 6.45) is 6.98. The van der Waals surface area contributed by atoms with Crippen LogP contribution in [0.4, 0.5) is 0 Å². The second kappa shape index (κ2) is 16.2. The predicted molar refractivity (Wildman–Crippen MR) is 83.6 cm³/mol. The molecule has 18 heavy (non-hydrogen) atoms. The van der Waals surface area contributed by atoms with E-state index in [2.05, 4.69) is 13.8 Å². The molecule has 0 amide bonds. The van der Waals surface area contributed by atoms with Gasteiger partial charge in [-0.3, -0.25) is 4.79 Å². The summed E-state index contributed by atoms with van der Waals surface area (Å²) < 4.78 is 4.88. The van der Waals surface area contributed by atoms with Gasteiger partial charge in [-0.15, -0.1) is 0 Å². The van der Waals surface area contributed by atoms with Gasteiger partial charge in [-0.05, 0) is 20.3 Å². The van der Waals surface area contributed by atoms with Crippen molar-refractivity contribution < 1.29 is 9.53 Å². The van der Waals surface area contributed by atoms with E-state index in [1.54, 1.807) is 0 Å². The Balaban J connectivity index is 0. The van der Waals surface area contributed by atoms with Crippen LogP contribution in [0.3, 0.4) is 0 Å². The molecule has 0 fully saturated rings. The molecule has 1 unspecified atom stereocenters. The summed E-state index contributed by atoms with van der Waals surface area (Å²) in [6.45, 7) is 8.28. The molecule has 0 aromatic heterocycles. The van der Waals surface area contributed by atoms with Crippen LogP contribution in [0.2, 0.25) is 0 Å². The van der Waals surface area contributed by atoms with Gasteiger partial charge in [0.05, 0.1) is 12.5 Å². The summed E-state index contributed by atoms with van der Waals surface area (Å²) in [4.78, 5) is 11.2. The van der Waals surface area contributed by atoms with E-state index >= 15 is 0 Å². The fourth-order valence-electron chi connectivity index (χ4n) is 1.37. The van der Waals surface area contributed by atoms with Crippen molar-refractivity contribution >= 4 is 49.1 Å². The first-order valence-electron chi connectivity index (χ1n) is 6.37. The molecule has 0 saturated heterocycles. The van der Waals surface area contributed by atoms with Crippen molar-refractivity contribution in [3.63, 3.8) is 0 Å². The van der Waals surface area contributed by atoms with E-state index in [1.807, 2.05) is 6.92 Å². The van der Waals surface area contributed by atoms with Crippen molar-refractivity contribution in [1.82, 2.24) is 0 Å². The number of rotatable bonds is 8. The molecule has 0 N–H and O–H groups in total. The summed E-state index contributed by atoms with van der Waals surface area (Å²) in [7, 11) is 15.0. The van der Waals surface area contributed by atoms with E-state index in [1.165, 1.54) is 25.7 Å². The molecule has 2 nitrogen and oxygen atoms in total. The van der Waals surface area contributed by atoms with Crippen LogP contribution in [0.5, 0.6) is 0 Å². The minimum atomic E-state index is -2.22. The molecule has 0 aliphatic heterocycles. The maximum atomic E-state index is 11.2. The Morgan fingerprint density at radius 2 is 1.67 bits per heavy atom. The number of hydrogen-bond donors (Lipinski definition) is 0. The molecule has 109 valence electrons. The molecule has 0 aromatic rings. The average molecular weight is 425 g/mol. The van der Waals surface area contributed by atoms with E-state index in [0.29, 0.717) is 6.61 Å². The molecular weight excluding hydrogens is 401 g/mol. The van der Waals surface area contributed by atoms with Gasteiger partial charge in [-0.25, -0.2) is 0 Å². The van der Waals surface area contributed by atoms with E-state index < -0.39 is 16.4 Å². The van der Waals surface area contributed by atoms with Crippen molar-refractivity contribution in [3.8, 4) is 0 Å². The van der Waals surface area contributed by atoms with Crippen molar-refractivity contribution in [2.45, 2.75) is 52.4 Å². The quantitative estimate of drug-likeness (QED) is 0.318. The topological polar surface area (TPSA) is 26.3 Å². The van der Waals surface area contributed by atoms with Gasteiger partial charge in [0.2, 0.25) is 0 Å². The molecule has 0 rings (SSSR count). The number of carbonyl (C=O) groups is 1. The molecule has 1 radical (unpaired) electrons. The van der Waals surface area contributed by atoms with Gasteiger partial charge in [0.1, 0.15) is 0 Å². The average Bonchev–Trinajstić information content (AvgIpc) is 2.28. The van der Waals surface area contributed by atoms with Crippen LogP contribution in [0.25, 0.3) is 0 Å². The normalized spacial score (nSPS) is 11.7. The summed E-state index contributed by atoms with van der Waals surface area (Å²) in [6, 6.07) is 0. The molecule has 6 heteroatoms. The van der Waals surface area contributed by atoms with Crippen molar-refractivity contribution in [2.75, 3.05) is 6.61 Å². The van der Waals surface area contributed by atoms with Crippen LogP contribution >= 0.6 is 26.8 Å². The number of halogens is 3. The van der Waals surface area contributed by atoms with E-state index in [-0.39, 0.29) is 11.9 Å². The van der Waals surface area contributed by atoms with Crippen molar-refractivity contribution in [3.05, 3.63) is 6.92 Å². The van der Waals surface area contributed by atoms with Crippen LogP contribution in [0.1, 0.15) is 52.4 Å². The van der Waals surface area contributed by atoms with E-state index in [0.717, 1.165) is 12.8 Å². The van der Waals surface area contributed by atoms with Gasteiger partial charge in [0.25, 0.3) is 0 Å². The summed E-state index contributed by atoms with van der Waals surface area (Å²) in [5.74, 6) is -0.320. The Bertz CT molecular complexity index is 189. The first kappa shape index (κ1) is 21.4. The van der Waals surface area contributed by atoms with Gasteiger partial charge in [-0.1, -0.05) is 39.0 Å². The van der Waals surface area contributed by atoms with E-state index in [9.17, 15) is 4.79 Å².